The molecule has 11 nitrogen and oxygen atoms in total. The molecule has 1 aromatic carbocycles. The van der Waals surface area contributed by atoms with Gasteiger partial charge in [-0.05, 0) is 12.1 Å². The Morgan fingerprint density at radius 2 is 1.75 bits per heavy atom. The first-order chi connectivity index (χ1) is 11.4. The number of hydrogen-bond acceptors (Lipinski definition) is 9. The Morgan fingerprint density at radius 3 is 2.33 bits per heavy atom. The van der Waals surface area contributed by atoms with Gasteiger partial charge in [-0.1, -0.05) is 5.22 Å². The third-order valence-corrected chi connectivity index (χ3v) is 3.58. The summed E-state index contributed by atoms with van der Waals surface area (Å²) in [4.78, 5) is 10.0. The molecule has 0 amide bonds. The summed E-state index contributed by atoms with van der Waals surface area (Å²) in [5, 5.41) is 56.1. The molecule has 0 spiro atoms. The molecule has 1 aromatic rings. The van der Waals surface area contributed by atoms with Gasteiger partial charge in [0.1, 0.15) is 30.5 Å². The second kappa shape index (κ2) is 8.08. The van der Waals surface area contributed by atoms with Gasteiger partial charge in [-0.15, -0.1) is 0 Å². The van der Waals surface area contributed by atoms with Crippen molar-refractivity contribution < 1.29 is 30.1 Å². The number of ether oxygens (including phenoxy) is 1. The quantitative estimate of drug-likeness (QED) is 0.254. The van der Waals surface area contributed by atoms with Crippen LogP contribution in [0.5, 0.6) is 0 Å². The number of aliphatic hydroxyl groups excluding tert-OH is 4. The Balaban J connectivity index is 1.87. The summed E-state index contributed by atoms with van der Waals surface area (Å²) < 4.78 is 5.26. The lowest BCUT2D eigenvalue weighted by Gasteiger charge is -2.39. The molecule has 2 rings (SSSR count). The molecule has 5 atom stereocenters. The molecule has 0 aromatic heterocycles. The van der Waals surface area contributed by atoms with E-state index in [4.69, 9.17) is 9.84 Å². The Labute approximate surface area is 136 Å². The maximum absolute atomic E-state index is 10.5. The van der Waals surface area contributed by atoms with E-state index in [0.29, 0.717) is 5.69 Å². The maximum atomic E-state index is 10.5. The number of rotatable bonds is 6. The van der Waals surface area contributed by atoms with Crippen molar-refractivity contribution in [3.8, 4) is 0 Å². The average molecular weight is 342 g/mol. The van der Waals surface area contributed by atoms with Gasteiger partial charge in [0.2, 0.25) is 0 Å². The summed E-state index contributed by atoms with van der Waals surface area (Å²) >= 11 is 0. The Hall–Kier alpha value is -2.18. The molecule has 5 N–H and O–H groups in total. The molecule has 1 aliphatic heterocycles. The predicted molar refractivity (Wildman–Crippen MR) is 80.2 cm³/mol. The number of nitro groups is 1. The van der Waals surface area contributed by atoms with E-state index in [1.807, 2.05) is 0 Å². The van der Waals surface area contributed by atoms with Crippen LogP contribution in [0.25, 0.3) is 0 Å². The highest BCUT2D eigenvalue weighted by Gasteiger charge is 2.43. The predicted octanol–water partition coefficient (Wildman–Crippen LogP) is -0.784. The highest BCUT2D eigenvalue weighted by Crippen LogP contribution is 2.21. The van der Waals surface area contributed by atoms with Crippen LogP contribution in [0.2, 0.25) is 0 Å². The SMILES string of the molecule is O=[N+]([O-])c1ccc(NN=NCC2O[C@H](CO)[C@@H](O)[C@H](O)[C@@H]2O)cc1. The summed E-state index contributed by atoms with van der Waals surface area (Å²) in [7, 11) is 0. The standard InChI is InChI=1S/C13H18N4O7/c18-6-10-12(20)13(21)11(19)9(24-10)5-14-16-15-7-1-3-8(4-2-7)17(22)23/h1-4,9-13,18-21H,5-6H2,(H,14,15)/t9?,10-,11-,12-,13-/m1/s1. The van der Waals surface area contributed by atoms with E-state index >= 15 is 0 Å². The lowest BCUT2D eigenvalue weighted by Crippen LogP contribution is -2.59. The number of aliphatic hydroxyl groups is 4. The minimum absolute atomic E-state index is 0.0567. The molecule has 1 heterocycles. The lowest BCUT2D eigenvalue weighted by molar-refractivity contribution is -0.384. The van der Waals surface area contributed by atoms with Crippen molar-refractivity contribution in [2.45, 2.75) is 30.5 Å². The fourth-order valence-electron chi connectivity index (χ4n) is 2.20. The summed E-state index contributed by atoms with van der Waals surface area (Å²) in [6.45, 7) is -0.638. The molecule has 1 saturated heterocycles. The maximum Gasteiger partial charge on any atom is 0.269 e. The van der Waals surface area contributed by atoms with E-state index in [-0.39, 0.29) is 12.2 Å². The van der Waals surface area contributed by atoms with Gasteiger partial charge in [-0.25, -0.2) is 0 Å². The number of hydrogen-bond donors (Lipinski definition) is 5. The van der Waals surface area contributed by atoms with Crippen molar-refractivity contribution in [3.63, 3.8) is 0 Å². The second-order valence-electron chi connectivity index (χ2n) is 5.21. The zero-order valence-corrected chi connectivity index (χ0v) is 12.5. The molecule has 1 fully saturated rings. The summed E-state index contributed by atoms with van der Waals surface area (Å²) in [6.07, 6.45) is -6.19. The second-order valence-corrected chi connectivity index (χ2v) is 5.21. The number of nitrogens with zero attached hydrogens (tertiary/aromatic N) is 3. The zero-order chi connectivity index (χ0) is 17.7. The molecule has 1 aliphatic rings. The fourth-order valence-corrected chi connectivity index (χ4v) is 2.20. The third-order valence-electron chi connectivity index (χ3n) is 3.58. The molecule has 1 unspecified atom stereocenters. The van der Waals surface area contributed by atoms with Crippen LogP contribution >= 0.6 is 0 Å². The summed E-state index contributed by atoms with van der Waals surface area (Å²) in [5.41, 5.74) is 2.96. The highest BCUT2D eigenvalue weighted by atomic mass is 16.6. The highest BCUT2D eigenvalue weighted by molar-refractivity contribution is 5.47. The minimum Gasteiger partial charge on any atom is -0.394 e. The lowest BCUT2D eigenvalue weighted by atomic mass is 9.95. The van der Waals surface area contributed by atoms with Crippen molar-refractivity contribution >= 4 is 11.4 Å². The van der Waals surface area contributed by atoms with Crippen LogP contribution in [0.4, 0.5) is 11.4 Å². The molecular formula is C13H18N4O7. The number of anilines is 1. The van der Waals surface area contributed by atoms with Crippen molar-refractivity contribution in [2.24, 2.45) is 10.3 Å². The van der Waals surface area contributed by atoms with Crippen LogP contribution in [0.15, 0.2) is 34.6 Å². The Morgan fingerprint density at radius 1 is 1.12 bits per heavy atom. The van der Waals surface area contributed by atoms with Crippen molar-refractivity contribution in [3.05, 3.63) is 34.4 Å². The molecule has 0 bridgehead atoms. The molecule has 11 heteroatoms. The topological polar surface area (TPSA) is 170 Å². The van der Waals surface area contributed by atoms with Crippen LogP contribution < -0.4 is 5.43 Å². The Bertz CT molecular complexity index is 580. The van der Waals surface area contributed by atoms with Crippen LogP contribution in [0, 0.1) is 10.1 Å². The van der Waals surface area contributed by atoms with Gasteiger partial charge >= 0.3 is 0 Å². The zero-order valence-electron chi connectivity index (χ0n) is 12.5. The number of benzene rings is 1. The Kier molecular flexibility index (Phi) is 6.11. The number of non-ortho nitro benzene ring substituents is 1. The molecule has 0 aliphatic carbocycles. The first-order valence-corrected chi connectivity index (χ1v) is 7.11. The first-order valence-electron chi connectivity index (χ1n) is 7.11. The molecular weight excluding hydrogens is 324 g/mol. The fraction of sp³-hybridized carbons (Fsp3) is 0.538. The van der Waals surface area contributed by atoms with E-state index in [9.17, 15) is 25.4 Å². The number of nitro benzene ring substituents is 1. The van der Waals surface area contributed by atoms with Crippen LogP contribution in [-0.2, 0) is 4.74 Å². The van der Waals surface area contributed by atoms with Crippen molar-refractivity contribution in [1.29, 1.82) is 0 Å². The average Bonchev–Trinajstić information content (AvgIpc) is 2.58. The van der Waals surface area contributed by atoms with Gasteiger partial charge in [0, 0.05) is 12.1 Å². The van der Waals surface area contributed by atoms with E-state index in [1.165, 1.54) is 24.3 Å². The van der Waals surface area contributed by atoms with E-state index < -0.39 is 42.1 Å². The largest absolute Gasteiger partial charge is 0.394 e. The molecule has 0 radical (unpaired) electrons. The summed E-state index contributed by atoms with van der Waals surface area (Å²) in [6, 6.07) is 5.50. The van der Waals surface area contributed by atoms with Gasteiger partial charge < -0.3 is 25.2 Å². The van der Waals surface area contributed by atoms with Crippen LogP contribution in [0.3, 0.4) is 0 Å². The summed E-state index contributed by atoms with van der Waals surface area (Å²) in [5.74, 6) is 0. The monoisotopic (exact) mass is 342 g/mol. The van der Waals surface area contributed by atoms with Crippen molar-refractivity contribution in [1.82, 2.24) is 0 Å². The molecule has 0 saturated carbocycles. The van der Waals surface area contributed by atoms with E-state index in [1.54, 1.807) is 0 Å². The first kappa shape index (κ1) is 18.2. The molecule has 132 valence electrons. The molecule has 24 heavy (non-hydrogen) atoms. The third kappa shape index (κ3) is 4.21. The van der Waals surface area contributed by atoms with Crippen LogP contribution in [0.1, 0.15) is 0 Å². The van der Waals surface area contributed by atoms with Gasteiger partial charge in [-0.3, -0.25) is 15.5 Å². The van der Waals surface area contributed by atoms with Crippen LogP contribution in [-0.4, -0.2) is 69.0 Å². The van der Waals surface area contributed by atoms with Gasteiger partial charge in [0.15, 0.2) is 0 Å². The van der Waals surface area contributed by atoms with Crippen molar-refractivity contribution in [2.75, 3.05) is 18.6 Å². The van der Waals surface area contributed by atoms with E-state index in [0.717, 1.165) is 0 Å². The smallest absolute Gasteiger partial charge is 0.269 e. The minimum atomic E-state index is -1.46. The number of nitrogens with one attached hydrogen (secondary N) is 1. The van der Waals surface area contributed by atoms with Gasteiger partial charge in [0.05, 0.1) is 23.8 Å². The van der Waals surface area contributed by atoms with E-state index in [2.05, 4.69) is 15.8 Å². The normalized spacial score (nSPS) is 30.4. The van der Waals surface area contributed by atoms with Gasteiger partial charge in [-0.2, -0.15) is 5.11 Å². The van der Waals surface area contributed by atoms with Gasteiger partial charge in [0.25, 0.3) is 5.69 Å².